The van der Waals surface area contributed by atoms with Gasteiger partial charge in [0.1, 0.15) is 5.84 Å². The van der Waals surface area contributed by atoms with Crippen LogP contribution in [0, 0.1) is 0 Å². The van der Waals surface area contributed by atoms with Crippen molar-refractivity contribution >= 4 is 11.7 Å². The van der Waals surface area contributed by atoms with Crippen LogP contribution in [0.15, 0.2) is 77.9 Å². The van der Waals surface area contributed by atoms with Crippen LogP contribution in [0.3, 0.4) is 0 Å². The van der Waals surface area contributed by atoms with Crippen molar-refractivity contribution in [3.8, 4) is 11.1 Å². The van der Waals surface area contributed by atoms with E-state index in [-0.39, 0.29) is 5.91 Å². The number of aryl methyl sites for hydroxylation is 1. The molecule has 3 aromatic rings. The number of carbonyl (C=O) groups excluding carboxylic acids is 1. The summed E-state index contributed by atoms with van der Waals surface area (Å²) in [6.45, 7) is 2.12. The molecule has 28 heavy (non-hydrogen) atoms. The summed E-state index contributed by atoms with van der Waals surface area (Å²) < 4.78 is 0. The zero-order valence-electron chi connectivity index (χ0n) is 16.2. The second-order valence-corrected chi connectivity index (χ2v) is 7.03. The number of likely N-dealkylation sites (N-methyl/N-ethyl adjacent to an activating group) is 1. The first-order chi connectivity index (χ1) is 13.7. The zero-order chi connectivity index (χ0) is 19.5. The highest BCUT2D eigenvalue weighted by molar-refractivity contribution is 6.13. The van der Waals surface area contributed by atoms with Crippen LogP contribution in [0.1, 0.15) is 36.2 Å². The molecule has 4 heteroatoms. The monoisotopic (exact) mass is 369 g/mol. The van der Waals surface area contributed by atoms with E-state index < -0.39 is 6.04 Å². The fourth-order valence-electron chi connectivity index (χ4n) is 3.57. The third-order valence-electron chi connectivity index (χ3n) is 5.02. The Morgan fingerprint density at radius 2 is 1.68 bits per heavy atom. The lowest BCUT2D eigenvalue weighted by molar-refractivity contribution is -0.126. The lowest BCUT2D eigenvalue weighted by Crippen LogP contribution is -2.29. The Hall–Kier alpha value is -3.27. The molecule has 140 valence electrons. The smallest absolute Gasteiger partial charge is 0.257 e. The molecule has 0 bridgehead atoms. The lowest BCUT2D eigenvalue weighted by atomic mass is 10.0. The first-order valence-electron chi connectivity index (χ1n) is 9.63. The minimum absolute atomic E-state index is 0.00578. The predicted molar refractivity (Wildman–Crippen MR) is 112 cm³/mol. The molecular formula is C24H23N3O. The number of hydrogen-bond acceptors (Lipinski definition) is 3. The van der Waals surface area contributed by atoms with E-state index in [0.29, 0.717) is 5.84 Å². The summed E-state index contributed by atoms with van der Waals surface area (Å²) in [5.74, 6) is 0.704. The molecule has 0 aliphatic carbocycles. The minimum Gasteiger partial charge on any atom is -0.298 e. The summed E-state index contributed by atoms with van der Waals surface area (Å²) in [7, 11) is 1.80. The fraction of sp³-hybridized carbons (Fsp3) is 0.208. The molecule has 0 N–H and O–H groups in total. The number of amides is 1. The van der Waals surface area contributed by atoms with Gasteiger partial charge in [-0.25, -0.2) is 4.99 Å². The molecule has 0 saturated heterocycles. The van der Waals surface area contributed by atoms with Gasteiger partial charge in [0.05, 0.1) is 0 Å². The van der Waals surface area contributed by atoms with E-state index in [1.807, 2.05) is 42.5 Å². The van der Waals surface area contributed by atoms with Crippen molar-refractivity contribution in [3.05, 3.63) is 89.7 Å². The van der Waals surface area contributed by atoms with Crippen LogP contribution in [0.4, 0.5) is 0 Å². The highest BCUT2D eigenvalue weighted by Crippen LogP contribution is 2.29. The quantitative estimate of drug-likeness (QED) is 0.656. The number of aromatic nitrogens is 1. The Morgan fingerprint density at radius 1 is 0.929 bits per heavy atom. The van der Waals surface area contributed by atoms with Crippen molar-refractivity contribution in [3.63, 3.8) is 0 Å². The van der Waals surface area contributed by atoms with E-state index in [4.69, 9.17) is 4.99 Å². The molecule has 0 spiro atoms. The lowest BCUT2D eigenvalue weighted by Gasteiger charge is -2.14. The van der Waals surface area contributed by atoms with Crippen molar-refractivity contribution in [1.82, 2.24) is 9.88 Å². The standard InChI is InChI=1S/C24H23N3O/c1-3-8-21-16-19(13-14-25-21)22-24(28)27(2)23(26-22)20-12-7-11-18(15-20)17-9-5-4-6-10-17/h4-7,9-16,22H,3,8H2,1-2H3. The van der Waals surface area contributed by atoms with Crippen molar-refractivity contribution in [2.24, 2.45) is 4.99 Å². The van der Waals surface area contributed by atoms with Gasteiger partial charge in [-0.15, -0.1) is 0 Å². The van der Waals surface area contributed by atoms with Crippen molar-refractivity contribution in [2.45, 2.75) is 25.8 Å². The molecule has 1 aliphatic heterocycles. The van der Waals surface area contributed by atoms with E-state index in [0.717, 1.165) is 40.8 Å². The van der Waals surface area contributed by atoms with Crippen LogP contribution in [0.5, 0.6) is 0 Å². The Bertz CT molecular complexity index is 1030. The largest absolute Gasteiger partial charge is 0.298 e. The van der Waals surface area contributed by atoms with Gasteiger partial charge < -0.3 is 0 Å². The Balaban J connectivity index is 1.69. The van der Waals surface area contributed by atoms with Crippen LogP contribution >= 0.6 is 0 Å². The molecule has 4 rings (SSSR count). The summed E-state index contributed by atoms with van der Waals surface area (Å²) in [4.78, 5) is 23.8. The Kier molecular flexibility index (Phi) is 5.02. The minimum atomic E-state index is -0.501. The number of aliphatic imine (C=N–C) groups is 1. The second-order valence-electron chi connectivity index (χ2n) is 7.03. The molecule has 0 saturated carbocycles. The topological polar surface area (TPSA) is 45.6 Å². The normalized spacial score (nSPS) is 16.4. The molecule has 1 amide bonds. The summed E-state index contributed by atoms with van der Waals surface area (Å²) in [6, 6.07) is 21.8. The van der Waals surface area contributed by atoms with E-state index >= 15 is 0 Å². The maximum Gasteiger partial charge on any atom is 0.257 e. The maximum absolute atomic E-state index is 12.9. The highest BCUT2D eigenvalue weighted by atomic mass is 16.2. The number of nitrogens with zero attached hydrogens (tertiary/aromatic N) is 3. The van der Waals surface area contributed by atoms with E-state index in [2.05, 4.69) is 36.2 Å². The summed E-state index contributed by atoms with van der Waals surface area (Å²) >= 11 is 0. The molecule has 1 unspecified atom stereocenters. The van der Waals surface area contributed by atoms with Crippen LogP contribution in [-0.4, -0.2) is 28.7 Å². The molecule has 1 atom stereocenters. The van der Waals surface area contributed by atoms with E-state index in [1.165, 1.54) is 0 Å². The molecule has 1 aliphatic rings. The van der Waals surface area contributed by atoms with Crippen LogP contribution in [0.2, 0.25) is 0 Å². The molecule has 0 radical (unpaired) electrons. The molecular weight excluding hydrogens is 346 g/mol. The van der Waals surface area contributed by atoms with Crippen LogP contribution in [0.25, 0.3) is 11.1 Å². The number of rotatable bonds is 5. The van der Waals surface area contributed by atoms with Gasteiger partial charge in [0, 0.05) is 24.5 Å². The average molecular weight is 369 g/mol. The van der Waals surface area contributed by atoms with Gasteiger partial charge in [-0.3, -0.25) is 14.7 Å². The van der Waals surface area contributed by atoms with Gasteiger partial charge in [-0.05, 0) is 41.3 Å². The van der Waals surface area contributed by atoms with Gasteiger partial charge >= 0.3 is 0 Å². The maximum atomic E-state index is 12.9. The van der Waals surface area contributed by atoms with Crippen LogP contribution < -0.4 is 0 Å². The number of carbonyl (C=O) groups is 1. The number of benzene rings is 2. The van der Waals surface area contributed by atoms with Gasteiger partial charge in [0.2, 0.25) is 0 Å². The number of pyridine rings is 1. The third kappa shape index (κ3) is 3.46. The third-order valence-corrected chi connectivity index (χ3v) is 5.02. The second kappa shape index (κ2) is 7.77. The number of amidine groups is 1. The molecule has 2 aromatic carbocycles. The van der Waals surface area contributed by atoms with E-state index in [9.17, 15) is 4.79 Å². The first-order valence-corrected chi connectivity index (χ1v) is 9.63. The average Bonchev–Trinajstić information content (AvgIpc) is 3.04. The molecule has 2 heterocycles. The fourth-order valence-corrected chi connectivity index (χ4v) is 3.57. The Morgan fingerprint density at radius 3 is 2.46 bits per heavy atom. The predicted octanol–water partition coefficient (Wildman–Crippen LogP) is 4.66. The SMILES string of the molecule is CCCc1cc(C2N=C(c3cccc(-c4ccccc4)c3)N(C)C2=O)ccn1. The van der Waals surface area contributed by atoms with Gasteiger partial charge in [0.25, 0.3) is 5.91 Å². The Labute approximate surface area is 165 Å². The van der Waals surface area contributed by atoms with Gasteiger partial charge in [-0.1, -0.05) is 61.9 Å². The summed E-state index contributed by atoms with van der Waals surface area (Å²) in [5.41, 5.74) is 5.11. The first kappa shape index (κ1) is 18.1. The van der Waals surface area contributed by atoms with Crippen LogP contribution in [-0.2, 0) is 11.2 Å². The van der Waals surface area contributed by atoms with Crippen molar-refractivity contribution in [2.75, 3.05) is 7.05 Å². The summed E-state index contributed by atoms with van der Waals surface area (Å²) in [6.07, 6.45) is 3.70. The molecule has 1 aromatic heterocycles. The highest BCUT2D eigenvalue weighted by Gasteiger charge is 2.34. The summed E-state index contributed by atoms with van der Waals surface area (Å²) in [5, 5.41) is 0. The zero-order valence-corrected chi connectivity index (χ0v) is 16.2. The van der Waals surface area contributed by atoms with Crippen molar-refractivity contribution < 1.29 is 4.79 Å². The van der Waals surface area contributed by atoms with Gasteiger partial charge in [-0.2, -0.15) is 0 Å². The number of hydrogen-bond donors (Lipinski definition) is 0. The molecule has 4 nitrogen and oxygen atoms in total. The van der Waals surface area contributed by atoms with E-state index in [1.54, 1.807) is 18.1 Å². The van der Waals surface area contributed by atoms with Gasteiger partial charge in [0.15, 0.2) is 6.04 Å². The van der Waals surface area contributed by atoms with Crippen molar-refractivity contribution in [1.29, 1.82) is 0 Å². The molecule has 0 fully saturated rings.